The Morgan fingerprint density at radius 3 is 2.86 bits per heavy atom. The molecule has 6 heteroatoms. The number of nitrogens with zero attached hydrogens (tertiary/aromatic N) is 2. The van der Waals surface area contributed by atoms with Gasteiger partial charge in [0.05, 0.1) is 6.54 Å². The predicted molar refractivity (Wildman–Crippen MR) is 76.9 cm³/mol. The first-order valence-electron chi connectivity index (χ1n) is 6.98. The van der Waals surface area contributed by atoms with Crippen molar-refractivity contribution in [2.24, 2.45) is 0 Å². The van der Waals surface area contributed by atoms with Gasteiger partial charge in [0.25, 0.3) is 0 Å². The van der Waals surface area contributed by atoms with Crippen LogP contribution in [0.2, 0.25) is 0 Å². The minimum absolute atomic E-state index is 0.00268. The Hall–Kier alpha value is -2.37. The molecule has 1 N–H and O–H groups in total. The first kappa shape index (κ1) is 15.0. The van der Waals surface area contributed by atoms with Crippen molar-refractivity contribution in [3.63, 3.8) is 0 Å². The molecule has 0 aliphatic heterocycles. The molecule has 0 saturated carbocycles. The Balaban J connectivity index is 1.53. The number of nitrogens with one attached hydrogen (secondary N) is 1. The van der Waals surface area contributed by atoms with Crippen molar-refractivity contribution in [1.82, 2.24) is 15.5 Å². The molecule has 1 aromatic heterocycles. The zero-order valence-corrected chi connectivity index (χ0v) is 12.0. The standard InChI is InChI=1S/C15H19N3O3/c1-12-17-15(21-18-12)9-5-8-14(19)16-10-11-20-13-6-3-2-4-7-13/h2-4,6-7H,5,8-11H2,1H3,(H,16,19). The van der Waals surface area contributed by atoms with Crippen molar-refractivity contribution >= 4 is 5.91 Å². The van der Waals surface area contributed by atoms with Crippen LogP contribution in [-0.4, -0.2) is 29.2 Å². The summed E-state index contributed by atoms with van der Waals surface area (Å²) in [5.74, 6) is 2.00. The van der Waals surface area contributed by atoms with Crippen LogP contribution in [0.3, 0.4) is 0 Å². The second-order valence-corrected chi connectivity index (χ2v) is 4.60. The van der Waals surface area contributed by atoms with Gasteiger partial charge in [0.15, 0.2) is 5.82 Å². The third-order valence-corrected chi connectivity index (χ3v) is 2.80. The third kappa shape index (κ3) is 5.64. The summed E-state index contributed by atoms with van der Waals surface area (Å²) in [5.41, 5.74) is 0. The summed E-state index contributed by atoms with van der Waals surface area (Å²) in [6.45, 7) is 2.72. The minimum atomic E-state index is 0.00268. The lowest BCUT2D eigenvalue weighted by Crippen LogP contribution is -2.27. The molecular formula is C15H19N3O3. The molecule has 21 heavy (non-hydrogen) atoms. The lowest BCUT2D eigenvalue weighted by molar-refractivity contribution is -0.121. The van der Waals surface area contributed by atoms with Gasteiger partial charge in [-0.25, -0.2) is 0 Å². The third-order valence-electron chi connectivity index (χ3n) is 2.80. The normalized spacial score (nSPS) is 10.3. The molecule has 1 aromatic carbocycles. The number of para-hydroxylation sites is 1. The summed E-state index contributed by atoms with van der Waals surface area (Å²) < 4.78 is 10.5. The fraction of sp³-hybridized carbons (Fsp3) is 0.400. The largest absolute Gasteiger partial charge is 0.492 e. The van der Waals surface area contributed by atoms with Gasteiger partial charge in [0.2, 0.25) is 11.8 Å². The van der Waals surface area contributed by atoms with Gasteiger partial charge < -0.3 is 14.6 Å². The Morgan fingerprint density at radius 1 is 1.33 bits per heavy atom. The molecular weight excluding hydrogens is 270 g/mol. The average Bonchev–Trinajstić information content (AvgIpc) is 2.90. The molecule has 1 heterocycles. The van der Waals surface area contributed by atoms with Crippen LogP contribution < -0.4 is 10.1 Å². The van der Waals surface area contributed by atoms with Crippen LogP contribution in [-0.2, 0) is 11.2 Å². The Bertz CT molecular complexity index is 554. The van der Waals surface area contributed by atoms with E-state index in [-0.39, 0.29) is 5.91 Å². The Kier molecular flexibility index (Phi) is 5.75. The smallest absolute Gasteiger partial charge is 0.226 e. The van der Waals surface area contributed by atoms with Gasteiger partial charge in [-0.05, 0) is 25.5 Å². The molecule has 0 saturated heterocycles. The SMILES string of the molecule is Cc1noc(CCCC(=O)NCCOc2ccccc2)n1. The molecule has 0 unspecified atom stereocenters. The lowest BCUT2D eigenvalue weighted by Gasteiger charge is -2.07. The minimum Gasteiger partial charge on any atom is -0.492 e. The van der Waals surface area contributed by atoms with Gasteiger partial charge in [-0.15, -0.1) is 0 Å². The highest BCUT2D eigenvalue weighted by molar-refractivity contribution is 5.75. The molecule has 112 valence electrons. The number of aromatic nitrogens is 2. The highest BCUT2D eigenvalue weighted by Gasteiger charge is 2.05. The predicted octanol–water partition coefficient (Wildman–Crippen LogP) is 1.90. The van der Waals surface area contributed by atoms with E-state index in [1.54, 1.807) is 6.92 Å². The molecule has 0 bridgehead atoms. The number of rotatable bonds is 8. The summed E-state index contributed by atoms with van der Waals surface area (Å²) in [4.78, 5) is 15.7. The quantitative estimate of drug-likeness (QED) is 0.751. The van der Waals surface area contributed by atoms with E-state index in [1.807, 2.05) is 30.3 Å². The van der Waals surface area contributed by atoms with Gasteiger partial charge >= 0.3 is 0 Å². The first-order chi connectivity index (χ1) is 10.2. The van der Waals surface area contributed by atoms with Crippen LogP contribution in [0.4, 0.5) is 0 Å². The average molecular weight is 289 g/mol. The molecule has 0 spiro atoms. The molecule has 1 amide bonds. The maximum Gasteiger partial charge on any atom is 0.226 e. The highest BCUT2D eigenvalue weighted by atomic mass is 16.5. The van der Waals surface area contributed by atoms with Crippen molar-refractivity contribution in [1.29, 1.82) is 0 Å². The van der Waals surface area contributed by atoms with Crippen molar-refractivity contribution in [3.05, 3.63) is 42.0 Å². The van der Waals surface area contributed by atoms with Crippen LogP contribution in [0.1, 0.15) is 24.6 Å². The number of hydrogen-bond donors (Lipinski definition) is 1. The number of carbonyl (C=O) groups is 1. The molecule has 0 fully saturated rings. The van der Waals surface area contributed by atoms with E-state index in [9.17, 15) is 4.79 Å². The van der Waals surface area contributed by atoms with Crippen molar-refractivity contribution < 1.29 is 14.1 Å². The van der Waals surface area contributed by atoms with Gasteiger partial charge in [0.1, 0.15) is 12.4 Å². The zero-order valence-electron chi connectivity index (χ0n) is 12.0. The zero-order chi connectivity index (χ0) is 14.9. The summed E-state index contributed by atoms with van der Waals surface area (Å²) >= 11 is 0. The number of benzene rings is 1. The number of amides is 1. The van der Waals surface area contributed by atoms with Crippen LogP contribution in [0.5, 0.6) is 5.75 Å². The van der Waals surface area contributed by atoms with Crippen LogP contribution in [0.15, 0.2) is 34.9 Å². The van der Waals surface area contributed by atoms with E-state index < -0.39 is 0 Å². The molecule has 0 radical (unpaired) electrons. The van der Waals surface area contributed by atoms with Crippen molar-refractivity contribution in [2.75, 3.05) is 13.2 Å². The van der Waals surface area contributed by atoms with Crippen LogP contribution in [0.25, 0.3) is 0 Å². The maximum atomic E-state index is 11.6. The topological polar surface area (TPSA) is 77.2 Å². The summed E-state index contributed by atoms with van der Waals surface area (Å²) in [5, 5.41) is 6.51. The van der Waals surface area contributed by atoms with E-state index >= 15 is 0 Å². The fourth-order valence-corrected chi connectivity index (χ4v) is 1.81. The first-order valence-corrected chi connectivity index (χ1v) is 6.98. The Morgan fingerprint density at radius 2 is 2.14 bits per heavy atom. The summed E-state index contributed by atoms with van der Waals surface area (Å²) in [7, 11) is 0. The van der Waals surface area contributed by atoms with E-state index in [0.717, 1.165) is 5.75 Å². The molecule has 2 rings (SSSR count). The Labute approximate surface area is 123 Å². The summed E-state index contributed by atoms with van der Waals surface area (Å²) in [6.07, 6.45) is 1.74. The number of carbonyl (C=O) groups excluding carboxylic acids is 1. The molecule has 6 nitrogen and oxygen atoms in total. The molecule has 2 aromatic rings. The maximum absolute atomic E-state index is 11.6. The van der Waals surface area contributed by atoms with Crippen molar-refractivity contribution in [3.8, 4) is 5.75 Å². The van der Waals surface area contributed by atoms with E-state index in [4.69, 9.17) is 9.26 Å². The molecule has 0 aliphatic rings. The number of ether oxygens (including phenoxy) is 1. The number of hydrogen-bond acceptors (Lipinski definition) is 5. The highest BCUT2D eigenvalue weighted by Crippen LogP contribution is 2.07. The second-order valence-electron chi connectivity index (χ2n) is 4.60. The van der Waals surface area contributed by atoms with Crippen molar-refractivity contribution in [2.45, 2.75) is 26.2 Å². The molecule has 0 atom stereocenters. The van der Waals surface area contributed by atoms with Crippen LogP contribution in [0, 0.1) is 6.92 Å². The second kappa shape index (κ2) is 8.04. The van der Waals surface area contributed by atoms with Crippen LogP contribution >= 0.6 is 0 Å². The van der Waals surface area contributed by atoms with E-state index in [1.165, 1.54) is 0 Å². The van der Waals surface area contributed by atoms with E-state index in [2.05, 4.69) is 15.5 Å². The summed E-state index contributed by atoms with van der Waals surface area (Å²) in [6, 6.07) is 9.52. The number of aryl methyl sites for hydroxylation is 2. The molecule has 0 aliphatic carbocycles. The van der Waals surface area contributed by atoms with Gasteiger partial charge in [-0.2, -0.15) is 4.98 Å². The lowest BCUT2D eigenvalue weighted by atomic mass is 10.2. The fourth-order valence-electron chi connectivity index (χ4n) is 1.81. The van der Waals surface area contributed by atoms with E-state index in [0.29, 0.717) is 44.1 Å². The van der Waals surface area contributed by atoms with Gasteiger partial charge in [0, 0.05) is 12.8 Å². The van der Waals surface area contributed by atoms with Gasteiger partial charge in [-0.1, -0.05) is 23.4 Å². The monoisotopic (exact) mass is 289 g/mol. The van der Waals surface area contributed by atoms with Gasteiger partial charge in [-0.3, -0.25) is 4.79 Å².